The molecule has 1 aromatic rings. The van der Waals surface area contributed by atoms with Crippen LogP contribution in [0.15, 0.2) is 24.3 Å². The van der Waals surface area contributed by atoms with Crippen LogP contribution in [-0.4, -0.2) is 17.7 Å². The summed E-state index contributed by atoms with van der Waals surface area (Å²) in [6.45, 7) is 5.03. The van der Waals surface area contributed by atoms with Gasteiger partial charge in [0.2, 0.25) is 0 Å². The molecule has 18 heavy (non-hydrogen) atoms. The van der Waals surface area contributed by atoms with Gasteiger partial charge >= 0.3 is 0 Å². The van der Waals surface area contributed by atoms with E-state index in [0.29, 0.717) is 11.5 Å². The molecule has 1 aromatic carbocycles. The molecular formula is C15H20N2O. The number of benzene rings is 1. The number of nitrogens with zero attached hydrogens (tertiary/aromatic N) is 1. The van der Waals surface area contributed by atoms with Crippen molar-refractivity contribution in [2.24, 2.45) is 5.92 Å². The topological polar surface area (TPSA) is 56.0 Å². The Morgan fingerprint density at radius 2 is 2.06 bits per heavy atom. The van der Waals surface area contributed by atoms with Crippen molar-refractivity contribution in [1.82, 2.24) is 5.32 Å². The van der Waals surface area contributed by atoms with Crippen molar-refractivity contribution in [3.63, 3.8) is 0 Å². The summed E-state index contributed by atoms with van der Waals surface area (Å²) in [6, 6.07) is 9.39. The molecule has 1 fully saturated rings. The number of rotatable bonds is 2. The Bertz CT molecular complexity index is 445. The first-order valence-electron chi connectivity index (χ1n) is 6.50. The molecule has 0 bridgehead atoms. The molecule has 96 valence electrons. The third-order valence-corrected chi connectivity index (χ3v) is 3.94. The second kappa shape index (κ2) is 5.09. The van der Waals surface area contributed by atoms with Crippen LogP contribution in [0.4, 0.5) is 0 Å². The number of aliphatic hydroxyl groups is 1. The van der Waals surface area contributed by atoms with E-state index in [1.165, 1.54) is 6.42 Å². The summed E-state index contributed by atoms with van der Waals surface area (Å²) in [4.78, 5) is 0. The van der Waals surface area contributed by atoms with Crippen molar-refractivity contribution in [2.75, 3.05) is 6.54 Å². The van der Waals surface area contributed by atoms with Gasteiger partial charge in [-0.1, -0.05) is 19.1 Å². The number of piperidine rings is 1. The highest BCUT2D eigenvalue weighted by atomic mass is 16.3. The Morgan fingerprint density at radius 3 is 2.61 bits per heavy atom. The molecule has 0 radical (unpaired) electrons. The number of nitriles is 1. The summed E-state index contributed by atoms with van der Waals surface area (Å²) in [7, 11) is 0. The van der Waals surface area contributed by atoms with Gasteiger partial charge in [-0.2, -0.15) is 5.26 Å². The molecule has 3 nitrogen and oxygen atoms in total. The maximum absolute atomic E-state index is 10.7. The highest BCUT2D eigenvalue weighted by Crippen LogP contribution is 2.31. The molecule has 1 heterocycles. The molecule has 3 heteroatoms. The molecule has 2 rings (SSSR count). The fraction of sp³-hybridized carbons (Fsp3) is 0.533. The molecule has 2 N–H and O–H groups in total. The molecule has 0 saturated carbocycles. The smallest absolute Gasteiger partial charge is 0.102 e. The lowest BCUT2D eigenvalue weighted by atomic mass is 9.80. The predicted octanol–water partition coefficient (Wildman–Crippen LogP) is 2.15. The van der Waals surface area contributed by atoms with Crippen LogP contribution in [0.5, 0.6) is 0 Å². The zero-order valence-electron chi connectivity index (χ0n) is 11.0. The number of nitrogens with one attached hydrogen (secondary N) is 1. The van der Waals surface area contributed by atoms with Gasteiger partial charge in [-0.05, 0) is 49.9 Å². The van der Waals surface area contributed by atoms with Gasteiger partial charge in [-0.15, -0.1) is 0 Å². The standard InChI is InChI=1S/C15H20N2O/c1-11-7-8-17-14(9-11)15(2,18)13-5-3-12(10-16)4-6-13/h3-6,11,14,17-18H,7-9H2,1-2H3. The van der Waals surface area contributed by atoms with Crippen LogP contribution in [0.3, 0.4) is 0 Å². The number of hydrogen-bond donors (Lipinski definition) is 2. The fourth-order valence-corrected chi connectivity index (χ4v) is 2.62. The normalized spacial score (nSPS) is 27.2. The van der Waals surface area contributed by atoms with Gasteiger partial charge in [0.15, 0.2) is 0 Å². The van der Waals surface area contributed by atoms with Crippen LogP contribution in [0.2, 0.25) is 0 Å². The van der Waals surface area contributed by atoms with Gasteiger partial charge in [0.1, 0.15) is 5.60 Å². The van der Waals surface area contributed by atoms with Gasteiger partial charge in [0.25, 0.3) is 0 Å². The molecule has 0 amide bonds. The van der Waals surface area contributed by atoms with Crippen LogP contribution in [0, 0.1) is 17.2 Å². The van der Waals surface area contributed by atoms with Crippen molar-refractivity contribution < 1.29 is 5.11 Å². The Hall–Kier alpha value is -1.37. The van der Waals surface area contributed by atoms with Crippen molar-refractivity contribution in [3.8, 4) is 6.07 Å². The van der Waals surface area contributed by atoms with E-state index in [9.17, 15) is 5.11 Å². The van der Waals surface area contributed by atoms with Gasteiger partial charge in [0, 0.05) is 6.04 Å². The maximum atomic E-state index is 10.7. The zero-order chi connectivity index (χ0) is 13.2. The van der Waals surface area contributed by atoms with E-state index < -0.39 is 5.60 Å². The van der Waals surface area contributed by atoms with Gasteiger partial charge < -0.3 is 10.4 Å². The fourth-order valence-electron chi connectivity index (χ4n) is 2.62. The summed E-state index contributed by atoms with van der Waals surface area (Å²) < 4.78 is 0. The van der Waals surface area contributed by atoms with Crippen molar-refractivity contribution >= 4 is 0 Å². The summed E-state index contributed by atoms with van der Waals surface area (Å²) in [6.07, 6.45) is 2.15. The Labute approximate surface area is 108 Å². The predicted molar refractivity (Wildman–Crippen MR) is 70.9 cm³/mol. The SMILES string of the molecule is CC1CCNC(C(C)(O)c2ccc(C#N)cc2)C1. The molecule has 0 aromatic heterocycles. The monoisotopic (exact) mass is 244 g/mol. The van der Waals surface area contributed by atoms with Crippen LogP contribution in [-0.2, 0) is 5.60 Å². The van der Waals surface area contributed by atoms with Crippen LogP contribution >= 0.6 is 0 Å². The largest absolute Gasteiger partial charge is 0.384 e. The first-order valence-corrected chi connectivity index (χ1v) is 6.50. The molecule has 0 spiro atoms. The van der Waals surface area contributed by atoms with E-state index in [1.807, 2.05) is 19.1 Å². The first-order chi connectivity index (χ1) is 8.54. The molecular weight excluding hydrogens is 224 g/mol. The highest BCUT2D eigenvalue weighted by Gasteiger charge is 2.36. The van der Waals surface area contributed by atoms with Crippen LogP contribution in [0.1, 0.15) is 37.8 Å². The zero-order valence-corrected chi connectivity index (χ0v) is 11.0. The average Bonchev–Trinajstić information content (AvgIpc) is 2.39. The molecule has 1 saturated heterocycles. The third-order valence-electron chi connectivity index (χ3n) is 3.94. The van der Waals surface area contributed by atoms with Gasteiger partial charge in [0.05, 0.1) is 11.6 Å². The lowest BCUT2D eigenvalue weighted by Crippen LogP contribution is -2.50. The summed E-state index contributed by atoms with van der Waals surface area (Å²) in [5.41, 5.74) is 0.607. The van der Waals surface area contributed by atoms with Crippen LogP contribution in [0.25, 0.3) is 0 Å². The highest BCUT2D eigenvalue weighted by molar-refractivity contribution is 5.34. The molecule has 1 aliphatic rings. The Kier molecular flexibility index (Phi) is 3.70. The Morgan fingerprint density at radius 1 is 1.39 bits per heavy atom. The van der Waals surface area contributed by atoms with Crippen molar-refractivity contribution in [1.29, 1.82) is 5.26 Å². The second-order valence-corrected chi connectivity index (χ2v) is 5.47. The van der Waals surface area contributed by atoms with E-state index in [4.69, 9.17) is 5.26 Å². The van der Waals surface area contributed by atoms with Crippen LogP contribution < -0.4 is 5.32 Å². The lowest BCUT2D eigenvalue weighted by molar-refractivity contribution is -0.00140. The van der Waals surface area contributed by atoms with E-state index in [1.54, 1.807) is 12.1 Å². The number of hydrogen-bond acceptors (Lipinski definition) is 3. The van der Waals surface area contributed by atoms with E-state index in [2.05, 4.69) is 18.3 Å². The Balaban J connectivity index is 2.20. The third kappa shape index (κ3) is 2.55. The first kappa shape index (κ1) is 13.1. The molecule has 3 atom stereocenters. The minimum Gasteiger partial charge on any atom is -0.384 e. The van der Waals surface area contributed by atoms with Gasteiger partial charge in [-0.25, -0.2) is 0 Å². The van der Waals surface area contributed by atoms with E-state index in [-0.39, 0.29) is 6.04 Å². The van der Waals surface area contributed by atoms with Crippen molar-refractivity contribution in [2.45, 2.75) is 38.3 Å². The second-order valence-electron chi connectivity index (χ2n) is 5.47. The summed E-state index contributed by atoms with van der Waals surface area (Å²) >= 11 is 0. The minimum absolute atomic E-state index is 0.0779. The quantitative estimate of drug-likeness (QED) is 0.838. The van der Waals surface area contributed by atoms with E-state index in [0.717, 1.165) is 18.5 Å². The lowest BCUT2D eigenvalue weighted by Gasteiger charge is -2.39. The minimum atomic E-state index is -0.886. The molecule has 1 aliphatic heterocycles. The maximum Gasteiger partial charge on any atom is 0.102 e. The van der Waals surface area contributed by atoms with Crippen molar-refractivity contribution in [3.05, 3.63) is 35.4 Å². The van der Waals surface area contributed by atoms with Gasteiger partial charge in [-0.3, -0.25) is 0 Å². The molecule has 0 aliphatic carbocycles. The summed E-state index contributed by atoms with van der Waals surface area (Å²) in [5, 5.41) is 22.9. The summed E-state index contributed by atoms with van der Waals surface area (Å²) in [5.74, 6) is 0.640. The van der Waals surface area contributed by atoms with E-state index >= 15 is 0 Å². The molecule has 3 unspecified atom stereocenters. The average molecular weight is 244 g/mol.